The number of halogens is 1. The number of hydrogen-bond acceptors (Lipinski definition) is 2. The van der Waals surface area contributed by atoms with Gasteiger partial charge in [0.1, 0.15) is 6.54 Å². The fourth-order valence-electron chi connectivity index (χ4n) is 4.02. The van der Waals surface area contributed by atoms with Crippen LogP contribution in [0.3, 0.4) is 0 Å². The molecule has 0 saturated heterocycles. The number of benzene rings is 1. The van der Waals surface area contributed by atoms with Crippen LogP contribution in [-0.4, -0.2) is 45.3 Å². The third kappa shape index (κ3) is 3.55. The molecule has 1 saturated carbocycles. The standard InChI is InChI=1S/C22H26ClN3O2/c1-15(2)22(28)26(16-9-10-16)14-20(27)25-13-12-24-11-5-8-19(24)21(25)17-6-3-4-7-18(17)23/h3-8,11,15-16,21H,9-10,12-14H2,1-2H3/t21-/m1/s1. The zero-order valence-corrected chi connectivity index (χ0v) is 17.1. The second-order valence-electron chi connectivity index (χ2n) is 7.99. The van der Waals surface area contributed by atoms with Crippen molar-refractivity contribution in [3.63, 3.8) is 0 Å². The average molecular weight is 400 g/mol. The topological polar surface area (TPSA) is 45.6 Å². The van der Waals surface area contributed by atoms with Gasteiger partial charge in [-0.05, 0) is 36.6 Å². The first-order valence-corrected chi connectivity index (χ1v) is 10.3. The summed E-state index contributed by atoms with van der Waals surface area (Å²) < 4.78 is 2.18. The zero-order valence-electron chi connectivity index (χ0n) is 16.3. The number of carbonyl (C=O) groups excluding carboxylic acids is 2. The number of rotatable bonds is 5. The maximum absolute atomic E-state index is 13.4. The van der Waals surface area contributed by atoms with Crippen molar-refractivity contribution in [2.45, 2.75) is 45.3 Å². The van der Waals surface area contributed by atoms with Crippen molar-refractivity contribution in [3.05, 3.63) is 58.9 Å². The molecule has 0 N–H and O–H groups in total. The highest BCUT2D eigenvalue weighted by molar-refractivity contribution is 6.31. The van der Waals surface area contributed by atoms with Crippen LogP contribution in [0.25, 0.3) is 0 Å². The van der Waals surface area contributed by atoms with Gasteiger partial charge in [0.25, 0.3) is 0 Å². The van der Waals surface area contributed by atoms with Crippen LogP contribution in [-0.2, 0) is 16.1 Å². The lowest BCUT2D eigenvalue weighted by Crippen LogP contribution is -2.49. The van der Waals surface area contributed by atoms with Crippen LogP contribution >= 0.6 is 11.6 Å². The van der Waals surface area contributed by atoms with Gasteiger partial charge in [0.2, 0.25) is 11.8 Å². The summed E-state index contributed by atoms with van der Waals surface area (Å²) in [5.74, 6) is -0.0600. The van der Waals surface area contributed by atoms with Gasteiger partial charge >= 0.3 is 0 Å². The number of amides is 2. The molecule has 1 aliphatic heterocycles. The number of fused-ring (bicyclic) bond motifs is 1. The van der Waals surface area contributed by atoms with Crippen molar-refractivity contribution in [1.29, 1.82) is 0 Å². The first kappa shape index (κ1) is 19.1. The van der Waals surface area contributed by atoms with E-state index in [9.17, 15) is 9.59 Å². The summed E-state index contributed by atoms with van der Waals surface area (Å²) in [5, 5.41) is 0.650. The summed E-state index contributed by atoms with van der Waals surface area (Å²) in [5.41, 5.74) is 1.98. The van der Waals surface area contributed by atoms with E-state index >= 15 is 0 Å². The molecule has 0 unspecified atom stereocenters. The van der Waals surface area contributed by atoms with Gasteiger partial charge in [-0.1, -0.05) is 43.6 Å². The Morgan fingerprint density at radius 1 is 1.14 bits per heavy atom. The molecule has 1 fully saturated rings. The third-order valence-electron chi connectivity index (χ3n) is 5.63. The maximum Gasteiger partial charge on any atom is 0.243 e. The molecule has 2 heterocycles. The smallest absolute Gasteiger partial charge is 0.243 e. The van der Waals surface area contributed by atoms with Crippen molar-refractivity contribution in [3.8, 4) is 0 Å². The normalized spacial score (nSPS) is 18.9. The zero-order chi connectivity index (χ0) is 19.8. The number of aromatic nitrogens is 1. The molecular weight excluding hydrogens is 374 g/mol. The predicted octanol–water partition coefficient (Wildman–Crippen LogP) is 3.72. The van der Waals surface area contributed by atoms with Crippen LogP contribution in [0.5, 0.6) is 0 Å². The van der Waals surface area contributed by atoms with Crippen LogP contribution in [0, 0.1) is 5.92 Å². The summed E-state index contributed by atoms with van der Waals surface area (Å²) in [6.07, 6.45) is 4.02. The molecular formula is C22H26ClN3O2. The Morgan fingerprint density at radius 2 is 1.89 bits per heavy atom. The van der Waals surface area contributed by atoms with Crippen molar-refractivity contribution in [2.24, 2.45) is 5.92 Å². The van der Waals surface area contributed by atoms with Gasteiger partial charge in [0.05, 0.1) is 6.04 Å². The minimum Gasteiger partial charge on any atom is -0.348 e. The number of carbonyl (C=O) groups is 2. The Labute approximate surface area is 170 Å². The van der Waals surface area contributed by atoms with Gasteiger partial charge in [-0.25, -0.2) is 0 Å². The van der Waals surface area contributed by atoms with E-state index < -0.39 is 0 Å². The Hall–Kier alpha value is -2.27. The lowest BCUT2D eigenvalue weighted by Gasteiger charge is -2.39. The Bertz CT molecular complexity index is 887. The van der Waals surface area contributed by atoms with Gasteiger partial charge in [-0.3, -0.25) is 9.59 Å². The molecule has 5 nitrogen and oxygen atoms in total. The lowest BCUT2D eigenvalue weighted by molar-refractivity contribution is -0.144. The molecule has 2 aliphatic rings. The van der Waals surface area contributed by atoms with E-state index in [4.69, 9.17) is 11.6 Å². The van der Waals surface area contributed by atoms with Gasteiger partial charge in [-0.15, -0.1) is 0 Å². The van der Waals surface area contributed by atoms with E-state index in [1.807, 2.05) is 61.3 Å². The quantitative estimate of drug-likeness (QED) is 0.769. The molecule has 0 radical (unpaired) electrons. The molecule has 0 spiro atoms. The van der Waals surface area contributed by atoms with E-state index in [1.165, 1.54) is 0 Å². The van der Waals surface area contributed by atoms with E-state index in [1.54, 1.807) is 4.90 Å². The molecule has 4 rings (SSSR count). The Morgan fingerprint density at radius 3 is 2.57 bits per heavy atom. The minimum atomic E-state index is -0.236. The number of hydrogen-bond donors (Lipinski definition) is 0. The fraction of sp³-hybridized carbons (Fsp3) is 0.455. The second kappa shape index (κ2) is 7.63. The van der Waals surface area contributed by atoms with Crippen molar-refractivity contribution in [2.75, 3.05) is 13.1 Å². The van der Waals surface area contributed by atoms with Crippen molar-refractivity contribution in [1.82, 2.24) is 14.4 Å². The summed E-state index contributed by atoms with van der Waals surface area (Å²) in [4.78, 5) is 29.7. The van der Waals surface area contributed by atoms with Crippen LogP contribution < -0.4 is 0 Å². The van der Waals surface area contributed by atoms with Crippen LogP contribution in [0.1, 0.15) is 44.0 Å². The molecule has 1 aliphatic carbocycles. The second-order valence-corrected chi connectivity index (χ2v) is 8.40. The molecule has 6 heteroatoms. The van der Waals surface area contributed by atoms with Gasteiger partial charge < -0.3 is 14.4 Å². The van der Waals surface area contributed by atoms with Crippen LogP contribution in [0.15, 0.2) is 42.6 Å². The highest BCUT2D eigenvalue weighted by atomic mass is 35.5. The first-order chi connectivity index (χ1) is 13.5. The summed E-state index contributed by atoms with van der Waals surface area (Å²) in [7, 11) is 0. The largest absolute Gasteiger partial charge is 0.348 e. The monoisotopic (exact) mass is 399 g/mol. The van der Waals surface area contributed by atoms with Gasteiger partial charge in [0, 0.05) is 42.0 Å². The predicted molar refractivity (Wildman–Crippen MR) is 109 cm³/mol. The fourth-order valence-corrected chi connectivity index (χ4v) is 4.26. The van der Waals surface area contributed by atoms with E-state index in [0.717, 1.165) is 30.6 Å². The molecule has 0 bridgehead atoms. The average Bonchev–Trinajstić information content (AvgIpc) is 3.41. The summed E-state index contributed by atoms with van der Waals surface area (Å²) in [6, 6.07) is 11.7. The van der Waals surface area contributed by atoms with Crippen molar-refractivity contribution < 1.29 is 9.59 Å². The molecule has 1 atom stereocenters. The molecule has 2 amide bonds. The first-order valence-electron chi connectivity index (χ1n) is 9.96. The minimum absolute atomic E-state index is 0.0155. The van der Waals surface area contributed by atoms with Crippen LogP contribution in [0.4, 0.5) is 0 Å². The van der Waals surface area contributed by atoms with Crippen molar-refractivity contribution >= 4 is 23.4 Å². The maximum atomic E-state index is 13.4. The molecule has 148 valence electrons. The van der Waals surface area contributed by atoms with Gasteiger partial charge in [-0.2, -0.15) is 0 Å². The van der Waals surface area contributed by atoms with E-state index in [0.29, 0.717) is 11.6 Å². The van der Waals surface area contributed by atoms with E-state index in [2.05, 4.69) is 4.57 Å². The number of nitrogens with zero attached hydrogens (tertiary/aromatic N) is 3. The van der Waals surface area contributed by atoms with Gasteiger partial charge in [0.15, 0.2) is 0 Å². The third-order valence-corrected chi connectivity index (χ3v) is 5.97. The SMILES string of the molecule is CC(C)C(=O)N(CC(=O)N1CCn2cccc2[C@H]1c1ccccc1Cl)C1CC1. The van der Waals surface area contributed by atoms with E-state index in [-0.39, 0.29) is 36.4 Å². The molecule has 1 aromatic carbocycles. The Kier molecular flexibility index (Phi) is 5.19. The highest BCUT2D eigenvalue weighted by Gasteiger charge is 2.38. The van der Waals surface area contributed by atoms with Crippen LogP contribution in [0.2, 0.25) is 5.02 Å². The summed E-state index contributed by atoms with van der Waals surface area (Å²) >= 11 is 6.51. The molecule has 1 aromatic heterocycles. The Balaban J connectivity index is 1.64. The summed E-state index contributed by atoms with van der Waals surface area (Å²) in [6.45, 7) is 5.27. The highest BCUT2D eigenvalue weighted by Crippen LogP contribution is 2.36. The lowest BCUT2D eigenvalue weighted by atomic mass is 9.99. The molecule has 28 heavy (non-hydrogen) atoms. The molecule has 2 aromatic rings.